The first-order valence-corrected chi connectivity index (χ1v) is 7.40. The number of rotatable bonds is 4. The second-order valence-electron chi connectivity index (χ2n) is 5.45. The quantitative estimate of drug-likeness (QED) is 0.802. The number of fused-ring (bicyclic) bond motifs is 1. The lowest BCUT2D eigenvalue weighted by molar-refractivity contribution is -0.121. The molecule has 0 saturated carbocycles. The Labute approximate surface area is 133 Å². The van der Waals surface area contributed by atoms with E-state index in [2.05, 4.69) is 10.4 Å². The summed E-state index contributed by atoms with van der Waals surface area (Å²) in [6.07, 6.45) is 1.25. The topological polar surface area (TPSA) is 64.0 Å². The van der Waals surface area contributed by atoms with Crippen molar-refractivity contribution in [1.82, 2.24) is 15.1 Å². The van der Waals surface area contributed by atoms with Gasteiger partial charge in [-0.2, -0.15) is 5.10 Å². The highest BCUT2D eigenvalue weighted by molar-refractivity contribution is 5.81. The van der Waals surface area contributed by atoms with Gasteiger partial charge in [-0.05, 0) is 24.6 Å². The first-order valence-electron chi connectivity index (χ1n) is 7.40. The fourth-order valence-corrected chi connectivity index (χ4v) is 2.50. The molecule has 0 radical (unpaired) electrons. The van der Waals surface area contributed by atoms with Gasteiger partial charge in [0, 0.05) is 11.9 Å². The van der Waals surface area contributed by atoms with E-state index in [1.807, 2.05) is 37.3 Å². The van der Waals surface area contributed by atoms with Gasteiger partial charge in [-0.15, -0.1) is 0 Å². The highest BCUT2D eigenvalue weighted by Gasteiger charge is 2.07. The third kappa shape index (κ3) is 3.45. The van der Waals surface area contributed by atoms with E-state index in [4.69, 9.17) is 0 Å². The molecule has 1 amide bonds. The molecule has 0 aliphatic heterocycles. The smallest absolute Gasteiger partial charge is 0.242 e. The average Bonchev–Trinajstić information content (AvgIpc) is 2.56. The van der Waals surface area contributed by atoms with Crippen LogP contribution in [0.1, 0.15) is 11.1 Å². The Bertz CT molecular complexity index is 915. The molecule has 0 aliphatic rings. The van der Waals surface area contributed by atoms with E-state index in [0.29, 0.717) is 17.4 Å². The lowest BCUT2D eigenvalue weighted by Crippen LogP contribution is -2.28. The molecule has 0 aliphatic carbocycles. The molecule has 1 N–H and O–H groups in total. The number of carbonyl (C=O) groups is 1. The van der Waals surface area contributed by atoms with Gasteiger partial charge in [-0.25, -0.2) is 0 Å². The third-order valence-corrected chi connectivity index (χ3v) is 3.63. The fraction of sp³-hybridized carbons (Fsp3) is 0.167. The lowest BCUT2D eigenvalue weighted by Gasteiger charge is -2.10. The minimum Gasteiger partial charge on any atom is -0.350 e. The number of amides is 1. The summed E-state index contributed by atoms with van der Waals surface area (Å²) in [7, 11) is 0. The van der Waals surface area contributed by atoms with Crippen molar-refractivity contribution in [3.8, 4) is 0 Å². The summed E-state index contributed by atoms with van der Waals surface area (Å²) in [4.78, 5) is 23.9. The molecule has 5 nitrogen and oxygen atoms in total. The van der Waals surface area contributed by atoms with Crippen LogP contribution in [0.5, 0.6) is 0 Å². The number of benzene rings is 2. The van der Waals surface area contributed by atoms with Crippen molar-refractivity contribution in [2.75, 3.05) is 0 Å². The van der Waals surface area contributed by atoms with Gasteiger partial charge in [-0.1, -0.05) is 42.0 Å². The van der Waals surface area contributed by atoms with Crippen LogP contribution in [-0.2, 0) is 17.9 Å². The summed E-state index contributed by atoms with van der Waals surface area (Å²) in [5, 5.41) is 7.50. The van der Waals surface area contributed by atoms with Gasteiger partial charge in [0.25, 0.3) is 0 Å². The molecule has 3 aromatic rings. The first-order chi connectivity index (χ1) is 11.1. The van der Waals surface area contributed by atoms with Crippen molar-refractivity contribution < 1.29 is 4.79 Å². The number of aromatic nitrogens is 2. The maximum Gasteiger partial charge on any atom is 0.242 e. The minimum atomic E-state index is -0.146. The van der Waals surface area contributed by atoms with Crippen molar-refractivity contribution in [3.63, 3.8) is 0 Å². The molecule has 5 heteroatoms. The molecule has 0 bridgehead atoms. The van der Waals surface area contributed by atoms with Gasteiger partial charge in [0.15, 0.2) is 0 Å². The molecule has 2 aromatic carbocycles. The maximum atomic E-state index is 12.1. The van der Waals surface area contributed by atoms with E-state index in [1.54, 1.807) is 22.9 Å². The molecule has 116 valence electrons. The standard InChI is InChI=1S/C18H17N3O2/c1-13-5-4-6-14(9-13)10-19-18(23)12-21-16-8-3-2-7-15(16)17(22)11-20-21/h2-9,11H,10,12H2,1H3,(H,19,23). The van der Waals surface area contributed by atoms with E-state index < -0.39 is 0 Å². The van der Waals surface area contributed by atoms with Crippen LogP contribution in [0.3, 0.4) is 0 Å². The largest absolute Gasteiger partial charge is 0.350 e. The van der Waals surface area contributed by atoms with Gasteiger partial charge >= 0.3 is 0 Å². The Balaban J connectivity index is 1.73. The summed E-state index contributed by atoms with van der Waals surface area (Å²) < 4.78 is 1.54. The van der Waals surface area contributed by atoms with Crippen molar-refractivity contribution in [2.24, 2.45) is 0 Å². The molecular formula is C18H17N3O2. The van der Waals surface area contributed by atoms with Crippen LogP contribution >= 0.6 is 0 Å². The summed E-state index contributed by atoms with van der Waals surface area (Å²) >= 11 is 0. The zero-order valence-electron chi connectivity index (χ0n) is 12.8. The van der Waals surface area contributed by atoms with Crippen LogP contribution in [-0.4, -0.2) is 15.7 Å². The first kappa shape index (κ1) is 15.0. The third-order valence-electron chi connectivity index (χ3n) is 3.63. The van der Waals surface area contributed by atoms with E-state index in [-0.39, 0.29) is 17.9 Å². The number of hydrogen-bond acceptors (Lipinski definition) is 3. The molecule has 0 atom stereocenters. The molecule has 0 fully saturated rings. The second kappa shape index (κ2) is 6.44. The summed E-state index contributed by atoms with van der Waals surface area (Å²) in [6, 6.07) is 15.1. The number of carbonyl (C=O) groups excluding carboxylic acids is 1. The van der Waals surface area contributed by atoms with Gasteiger partial charge in [-0.3, -0.25) is 14.3 Å². The molecule has 3 rings (SSSR count). The van der Waals surface area contributed by atoms with Crippen LogP contribution in [0.4, 0.5) is 0 Å². The van der Waals surface area contributed by atoms with Crippen molar-refractivity contribution in [1.29, 1.82) is 0 Å². The zero-order chi connectivity index (χ0) is 16.2. The number of nitrogens with one attached hydrogen (secondary N) is 1. The lowest BCUT2D eigenvalue weighted by atomic mass is 10.1. The molecule has 1 aromatic heterocycles. The highest BCUT2D eigenvalue weighted by atomic mass is 16.2. The number of hydrogen-bond donors (Lipinski definition) is 1. The van der Waals surface area contributed by atoms with Crippen LogP contribution in [0.25, 0.3) is 10.9 Å². The fourth-order valence-electron chi connectivity index (χ4n) is 2.50. The maximum absolute atomic E-state index is 12.1. The Morgan fingerprint density at radius 3 is 2.83 bits per heavy atom. The van der Waals surface area contributed by atoms with Gasteiger partial charge in [0.1, 0.15) is 6.54 Å². The number of para-hydroxylation sites is 1. The number of nitrogens with zero attached hydrogens (tertiary/aromatic N) is 2. The van der Waals surface area contributed by atoms with Crippen molar-refractivity contribution >= 4 is 16.8 Å². The normalized spacial score (nSPS) is 10.7. The SMILES string of the molecule is Cc1cccc(CNC(=O)Cn2ncc(=O)c3ccccc32)c1. The molecule has 0 spiro atoms. The monoisotopic (exact) mass is 307 g/mol. The Hall–Kier alpha value is -2.95. The predicted molar refractivity (Wildman–Crippen MR) is 89.0 cm³/mol. The summed E-state index contributed by atoms with van der Waals surface area (Å²) in [5.41, 5.74) is 2.73. The Morgan fingerprint density at radius 1 is 1.17 bits per heavy atom. The molecule has 0 unspecified atom stereocenters. The van der Waals surface area contributed by atoms with E-state index in [1.165, 1.54) is 6.20 Å². The van der Waals surface area contributed by atoms with Crippen molar-refractivity contribution in [3.05, 3.63) is 76.1 Å². The van der Waals surface area contributed by atoms with Gasteiger partial charge < -0.3 is 5.32 Å². The zero-order valence-corrected chi connectivity index (χ0v) is 12.8. The molecule has 0 saturated heterocycles. The Morgan fingerprint density at radius 2 is 2.00 bits per heavy atom. The van der Waals surface area contributed by atoms with Gasteiger partial charge in [0.05, 0.1) is 11.7 Å². The predicted octanol–water partition coefficient (Wildman–Crippen LogP) is 2.02. The van der Waals surface area contributed by atoms with E-state index in [9.17, 15) is 9.59 Å². The number of aryl methyl sites for hydroxylation is 1. The molecule has 1 heterocycles. The van der Waals surface area contributed by atoms with Gasteiger partial charge in [0.2, 0.25) is 11.3 Å². The molecular weight excluding hydrogens is 290 g/mol. The van der Waals surface area contributed by atoms with E-state index in [0.717, 1.165) is 11.1 Å². The summed E-state index contributed by atoms with van der Waals surface area (Å²) in [5.74, 6) is -0.146. The van der Waals surface area contributed by atoms with Crippen LogP contribution in [0.2, 0.25) is 0 Å². The second-order valence-corrected chi connectivity index (χ2v) is 5.45. The van der Waals surface area contributed by atoms with Crippen LogP contribution in [0, 0.1) is 6.92 Å². The van der Waals surface area contributed by atoms with Crippen molar-refractivity contribution in [2.45, 2.75) is 20.0 Å². The summed E-state index contributed by atoms with van der Waals surface area (Å²) in [6.45, 7) is 2.56. The van der Waals surface area contributed by atoms with Crippen LogP contribution < -0.4 is 10.7 Å². The van der Waals surface area contributed by atoms with E-state index >= 15 is 0 Å². The Kier molecular flexibility index (Phi) is 4.19. The molecule has 23 heavy (non-hydrogen) atoms. The highest BCUT2D eigenvalue weighted by Crippen LogP contribution is 2.08. The average molecular weight is 307 g/mol. The van der Waals surface area contributed by atoms with Crippen LogP contribution in [0.15, 0.2) is 59.5 Å². The minimum absolute atomic E-state index is 0.0760.